The molecule has 0 aliphatic heterocycles. The van der Waals surface area contributed by atoms with Crippen molar-refractivity contribution >= 4 is 17.2 Å². The van der Waals surface area contributed by atoms with Crippen molar-refractivity contribution in [2.75, 3.05) is 13.2 Å². The number of nitrogens with one attached hydrogen (secondary N) is 1. The minimum Gasteiger partial charge on any atom is -0.396 e. The van der Waals surface area contributed by atoms with Gasteiger partial charge in [-0.15, -0.1) is 11.3 Å². The summed E-state index contributed by atoms with van der Waals surface area (Å²) in [4.78, 5) is 12.6. The summed E-state index contributed by atoms with van der Waals surface area (Å²) in [5.74, 6) is 0.0833. The first kappa shape index (κ1) is 12.2. The second-order valence-corrected chi connectivity index (χ2v) is 4.39. The molecule has 0 unspecified atom stereocenters. The largest absolute Gasteiger partial charge is 0.396 e. The quantitative estimate of drug-likeness (QED) is 0.695. The molecule has 0 aromatic carbocycles. The van der Waals surface area contributed by atoms with Crippen molar-refractivity contribution in [1.29, 1.82) is 0 Å². The molecule has 0 atom stereocenters. The average molecular weight is 227 g/mol. The zero-order chi connectivity index (χ0) is 10.9. The maximum atomic E-state index is 11.3. The smallest absolute Gasteiger partial charge is 0.220 e. The number of hydrogen-bond donors (Lipinski definition) is 2. The van der Waals surface area contributed by atoms with Gasteiger partial charge in [-0.05, 0) is 30.7 Å². The third-order valence-corrected chi connectivity index (χ3v) is 3.02. The molecule has 1 rings (SSSR count). The molecule has 0 aliphatic carbocycles. The minimum absolute atomic E-state index is 0.0833. The molecular formula is C11H17NO2S. The number of hydrogen-bond acceptors (Lipinski definition) is 3. The van der Waals surface area contributed by atoms with E-state index in [4.69, 9.17) is 5.11 Å². The zero-order valence-electron chi connectivity index (χ0n) is 8.74. The van der Waals surface area contributed by atoms with Crippen LogP contribution in [0.1, 0.15) is 24.1 Å². The summed E-state index contributed by atoms with van der Waals surface area (Å²) in [5.41, 5.74) is 0. The van der Waals surface area contributed by atoms with Crippen molar-refractivity contribution in [2.45, 2.75) is 25.7 Å². The van der Waals surface area contributed by atoms with Gasteiger partial charge in [0.25, 0.3) is 0 Å². The molecule has 0 saturated carbocycles. The number of thiophene rings is 1. The second-order valence-electron chi connectivity index (χ2n) is 3.36. The standard InChI is InChI=1S/C11H17NO2S/c13-8-2-1-5-11(14)12-7-6-10-4-3-9-15-10/h3-4,9,13H,1-2,5-8H2,(H,12,14). The van der Waals surface area contributed by atoms with Crippen LogP contribution >= 0.6 is 11.3 Å². The Morgan fingerprint density at radius 1 is 1.47 bits per heavy atom. The van der Waals surface area contributed by atoms with Gasteiger partial charge in [-0.3, -0.25) is 4.79 Å². The van der Waals surface area contributed by atoms with Gasteiger partial charge in [-0.25, -0.2) is 0 Å². The highest BCUT2D eigenvalue weighted by Crippen LogP contribution is 2.08. The van der Waals surface area contributed by atoms with Crippen LogP contribution in [0.3, 0.4) is 0 Å². The Labute approximate surface area is 94.1 Å². The first-order valence-corrected chi connectivity index (χ1v) is 6.11. The van der Waals surface area contributed by atoms with Gasteiger partial charge in [-0.2, -0.15) is 0 Å². The van der Waals surface area contributed by atoms with Crippen molar-refractivity contribution in [3.05, 3.63) is 22.4 Å². The van der Waals surface area contributed by atoms with Gasteiger partial charge < -0.3 is 10.4 Å². The predicted molar refractivity (Wildman–Crippen MR) is 62.0 cm³/mol. The predicted octanol–water partition coefficient (Wildman–Crippen LogP) is 1.57. The number of carbonyl (C=O) groups is 1. The lowest BCUT2D eigenvalue weighted by molar-refractivity contribution is -0.121. The van der Waals surface area contributed by atoms with Crippen LogP contribution in [-0.4, -0.2) is 24.2 Å². The first-order chi connectivity index (χ1) is 7.33. The maximum Gasteiger partial charge on any atom is 0.220 e. The van der Waals surface area contributed by atoms with Crippen LogP contribution in [0.2, 0.25) is 0 Å². The molecule has 4 heteroatoms. The van der Waals surface area contributed by atoms with E-state index in [0.29, 0.717) is 19.4 Å². The highest BCUT2D eigenvalue weighted by Gasteiger charge is 2.00. The molecule has 0 bridgehead atoms. The Balaban J connectivity index is 2.02. The number of unbranched alkanes of at least 4 members (excludes halogenated alkanes) is 1. The van der Waals surface area contributed by atoms with Crippen LogP contribution in [0, 0.1) is 0 Å². The Morgan fingerprint density at radius 2 is 2.33 bits per heavy atom. The van der Waals surface area contributed by atoms with Crippen molar-refractivity contribution in [3.8, 4) is 0 Å². The van der Waals surface area contributed by atoms with Gasteiger partial charge in [0.05, 0.1) is 0 Å². The molecular weight excluding hydrogens is 210 g/mol. The fraction of sp³-hybridized carbons (Fsp3) is 0.545. The van der Waals surface area contributed by atoms with Crippen LogP contribution in [-0.2, 0) is 11.2 Å². The lowest BCUT2D eigenvalue weighted by Gasteiger charge is -2.03. The summed E-state index contributed by atoms with van der Waals surface area (Å²) in [6.07, 6.45) is 2.90. The van der Waals surface area contributed by atoms with E-state index in [0.717, 1.165) is 12.8 Å². The zero-order valence-corrected chi connectivity index (χ0v) is 9.55. The summed E-state index contributed by atoms with van der Waals surface area (Å²) in [5, 5.41) is 13.5. The summed E-state index contributed by atoms with van der Waals surface area (Å²) >= 11 is 1.71. The lowest BCUT2D eigenvalue weighted by Crippen LogP contribution is -2.25. The molecule has 0 fully saturated rings. The van der Waals surface area contributed by atoms with Crippen molar-refractivity contribution < 1.29 is 9.90 Å². The van der Waals surface area contributed by atoms with Gasteiger partial charge in [0.1, 0.15) is 0 Å². The Bertz CT molecular complexity index is 272. The Hall–Kier alpha value is -0.870. The van der Waals surface area contributed by atoms with Crippen LogP contribution in [0.5, 0.6) is 0 Å². The number of amides is 1. The minimum atomic E-state index is 0.0833. The van der Waals surface area contributed by atoms with E-state index >= 15 is 0 Å². The molecule has 2 N–H and O–H groups in total. The molecule has 84 valence electrons. The molecule has 1 aromatic heterocycles. The molecule has 0 radical (unpaired) electrons. The molecule has 3 nitrogen and oxygen atoms in total. The number of rotatable bonds is 7. The van der Waals surface area contributed by atoms with Crippen LogP contribution in [0.4, 0.5) is 0 Å². The topological polar surface area (TPSA) is 49.3 Å². The fourth-order valence-electron chi connectivity index (χ4n) is 1.27. The normalized spacial score (nSPS) is 10.2. The number of carbonyl (C=O) groups excluding carboxylic acids is 1. The molecule has 1 aromatic rings. The third kappa shape index (κ3) is 5.54. The van der Waals surface area contributed by atoms with E-state index in [9.17, 15) is 4.79 Å². The van der Waals surface area contributed by atoms with E-state index < -0.39 is 0 Å². The van der Waals surface area contributed by atoms with E-state index in [1.807, 2.05) is 11.4 Å². The monoisotopic (exact) mass is 227 g/mol. The van der Waals surface area contributed by atoms with Crippen LogP contribution in [0.25, 0.3) is 0 Å². The van der Waals surface area contributed by atoms with Gasteiger partial charge in [0, 0.05) is 24.4 Å². The van der Waals surface area contributed by atoms with E-state index in [1.54, 1.807) is 11.3 Å². The molecule has 1 amide bonds. The number of aliphatic hydroxyl groups is 1. The summed E-state index contributed by atoms with van der Waals surface area (Å²) in [7, 11) is 0. The summed E-state index contributed by atoms with van der Waals surface area (Å²) < 4.78 is 0. The third-order valence-electron chi connectivity index (χ3n) is 2.09. The maximum absolute atomic E-state index is 11.3. The van der Waals surface area contributed by atoms with Crippen molar-refractivity contribution in [1.82, 2.24) is 5.32 Å². The second kappa shape index (κ2) is 7.43. The lowest BCUT2D eigenvalue weighted by atomic mass is 10.2. The van der Waals surface area contributed by atoms with Crippen LogP contribution < -0.4 is 5.32 Å². The van der Waals surface area contributed by atoms with Crippen molar-refractivity contribution in [3.63, 3.8) is 0 Å². The fourth-order valence-corrected chi connectivity index (χ4v) is 1.97. The highest BCUT2D eigenvalue weighted by atomic mass is 32.1. The van der Waals surface area contributed by atoms with Gasteiger partial charge in [-0.1, -0.05) is 6.07 Å². The first-order valence-electron chi connectivity index (χ1n) is 5.23. The summed E-state index contributed by atoms with van der Waals surface area (Å²) in [6, 6.07) is 4.09. The SMILES string of the molecule is O=C(CCCCO)NCCc1cccs1. The molecule has 1 heterocycles. The molecule has 0 aliphatic rings. The highest BCUT2D eigenvalue weighted by molar-refractivity contribution is 7.09. The molecule has 15 heavy (non-hydrogen) atoms. The van der Waals surface area contributed by atoms with Gasteiger partial charge >= 0.3 is 0 Å². The van der Waals surface area contributed by atoms with E-state index in [1.165, 1.54) is 4.88 Å². The molecule has 0 spiro atoms. The average Bonchev–Trinajstić information content (AvgIpc) is 2.71. The van der Waals surface area contributed by atoms with Gasteiger partial charge in [0.15, 0.2) is 0 Å². The van der Waals surface area contributed by atoms with E-state index in [2.05, 4.69) is 11.4 Å². The van der Waals surface area contributed by atoms with Crippen molar-refractivity contribution in [2.24, 2.45) is 0 Å². The van der Waals surface area contributed by atoms with E-state index in [-0.39, 0.29) is 12.5 Å². The number of aliphatic hydroxyl groups excluding tert-OH is 1. The Kier molecular flexibility index (Phi) is 6.04. The summed E-state index contributed by atoms with van der Waals surface area (Å²) in [6.45, 7) is 0.876. The van der Waals surface area contributed by atoms with Crippen LogP contribution in [0.15, 0.2) is 17.5 Å². The molecule has 0 saturated heterocycles. The Morgan fingerprint density at radius 3 is 3.00 bits per heavy atom. The van der Waals surface area contributed by atoms with Gasteiger partial charge in [0.2, 0.25) is 5.91 Å².